The summed E-state index contributed by atoms with van der Waals surface area (Å²) in [5.74, 6) is 0.887. The average Bonchev–Trinajstić information content (AvgIpc) is 2.65. The Morgan fingerprint density at radius 3 is 2.56 bits per heavy atom. The van der Waals surface area contributed by atoms with Gasteiger partial charge in [-0.3, -0.25) is 4.90 Å². The van der Waals surface area contributed by atoms with Crippen LogP contribution in [0.2, 0.25) is 0 Å². The number of nitrogens with two attached hydrogens (primary N) is 1. The van der Waals surface area contributed by atoms with Crippen LogP contribution >= 0.6 is 0 Å². The summed E-state index contributed by atoms with van der Waals surface area (Å²) in [5, 5.41) is 0. The summed E-state index contributed by atoms with van der Waals surface area (Å²) >= 11 is 0. The van der Waals surface area contributed by atoms with Crippen LogP contribution in [0, 0.1) is 5.92 Å². The van der Waals surface area contributed by atoms with Crippen molar-refractivity contribution in [3.8, 4) is 0 Å². The molecule has 2 fully saturated rings. The molecule has 1 aliphatic heterocycles. The van der Waals surface area contributed by atoms with Crippen molar-refractivity contribution in [3.63, 3.8) is 0 Å². The number of hydrogen-bond donors (Lipinski definition) is 1. The molecule has 3 heteroatoms. The summed E-state index contributed by atoms with van der Waals surface area (Å²) in [7, 11) is 4.56. The van der Waals surface area contributed by atoms with E-state index in [2.05, 4.69) is 37.7 Å². The summed E-state index contributed by atoms with van der Waals surface area (Å²) in [6.45, 7) is 6.66. The normalized spacial score (nSPS) is 42.7. The largest absolute Gasteiger partial charge is 0.329 e. The van der Waals surface area contributed by atoms with E-state index in [1.165, 1.54) is 32.1 Å². The van der Waals surface area contributed by atoms with E-state index in [1.807, 2.05) is 0 Å². The molecule has 0 spiro atoms. The highest BCUT2D eigenvalue weighted by Crippen LogP contribution is 2.36. The molecule has 106 valence electrons. The van der Waals surface area contributed by atoms with Gasteiger partial charge in [0.2, 0.25) is 0 Å². The van der Waals surface area contributed by atoms with Crippen molar-refractivity contribution >= 4 is 0 Å². The quantitative estimate of drug-likeness (QED) is 0.834. The van der Waals surface area contributed by atoms with E-state index in [4.69, 9.17) is 5.73 Å². The second-order valence-electron chi connectivity index (χ2n) is 6.93. The molecule has 2 aliphatic rings. The summed E-state index contributed by atoms with van der Waals surface area (Å²) in [4.78, 5) is 5.11. The van der Waals surface area contributed by atoms with Gasteiger partial charge in [-0.05, 0) is 46.2 Å². The third kappa shape index (κ3) is 2.59. The van der Waals surface area contributed by atoms with Gasteiger partial charge in [-0.25, -0.2) is 0 Å². The number of likely N-dealkylation sites (N-methyl/N-ethyl adjacent to an activating group) is 2. The first-order valence-corrected chi connectivity index (χ1v) is 7.62. The zero-order valence-corrected chi connectivity index (χ0v) is 12.7. The molecular formula is C15H31N3. The summed E-state index contributed by atoms with van der Waals surface area (Å²) < 4.78 is 0. The lowest BCUT2D eigenvalue weighted by Crippen LogP contribution is -2.58. The van der Waals surface area contributed by atoms with Crippen molar-refractivity contribution in [1.29, 1.82) is 0 Å². The first-order chi connectivity index (χ1) is 8.48. The molecule has 0 aromatic rings. The molecule has 0 amide bonds. The van der Waals surface area contributed by atoms with Crippen LogP contribution in [0.3, 0.4) is 0 Å². The molecule has 0 bridgehead atoms. The first-order valence-electron chi connectivity index (χ1n) is 7.62. The predicted octanol–water partition coefficient (Wildman–Crippen LogP) is 1.92. The minimum absolute atomic E-state index is 0.218. The van der Waals surface area contributed by atoms with Gasteiger partial charge in [0.1, 0.15) is 0 Å². The van der Waals surface area contributed by atoms with Crippen molar-refractivity contribution in [3.05, 3.63) is 0 Å². The molecule has 4 atom stereocenters. The fraction of sp³-hybridized carbons (Fsp3) is 1.00. The zero-order chi connectivity index (χ0) is 13.3. The molecule has 0 radical (unpaired) electrons. The molecular weight excluding hydrogens is 222 g/mol. The van der Waals surface area contributed by atoms with Crippen LogP contribution in [0.15, 0.2) is 0 Å². The van der Waals surface area contributed by atoms with Crippen molar-refractivity contribution in [2.45, 2.75) is 63.6 Å². The Morgan fingerprint density at radius 2 is 2.06 bits per heavy atom. The van der Waals surface area contributed by atoms with Gasteiger partial charge in [0.05, 0.1) is 0 Å². The minimum Gasteiger partial charge on any atom is -0.329 e. The number of likely N-dealkylation sites (tertiary alicyclic amines) is 1. The minimum atomic E-state index is 0.218. The number of nitrogens with zero attached hydrogens (tertiary/aromatic N) is 2. The SMILES string of the molecule is CC1CCCC(N(C)C2(CN)CC(C)N(C)C2)C1. The van der Waals surface area contributed by atoms with E-state index in [1.54, 1.807) is 0 Å². The van der Waals surface area contributed by atoms with Gasteiger partial charge in [-0.1, -0.05) is 19.8 Å². The molecule has 1 saturated heterocycles. The molecule has 4 unspecified atom stereocenters. The van der Waals surface area contributed by atoms with Gasteiger partial charge in [-0.15, -0.1) is 0 Å². The Balaban J connectivity index is 2.08. The van der Waals surface area contributed by atoms with E-state index < -0.39 is 0 Å². The van der Waals surface area contributed by atoms with Gasteiger partial charge < -0.3 is 10.6 Å². The van der Waals surface area contributed by atoms with Crippen LogP contribution in [0.1, 0.15) is 46.0 Å². The Labute approximate surface area is 113 Å². The molecule has 1 heterocycles. The van der Waals surface area contributed by atoms with Crippen LogP contribution in [-0.2, 0) is 0 Å². The predicted molar refractivity (Wildman–Crippen MR) is 77.7 cm³/mol. The molecule has 3 nitrogen and oxygen atoms in total. The standard InChI is InChI=1S/C15H31N3/c1-12-6-5-7-14(8-12)18(4)15(10-16)9-13(2)17(3)11-15/h12-14H,5-11,16H2,1-4H3. The van der Waals surface area contributed by atoms with E-state index in [-0.39, 0.29) is 5.54 Å². The summed E-state index contributed by atoms with van der Waals surface area (Å²) in [6.07, 6.45) is 6.75. The molecule has 18 heavy (non-hydrogen) atoms. The zero-order valence-electron chi connectivity index (χ0n) is 12.7. The Hall–Kier alpha value is -0.120. The number of hydrogen-bond acceptors (Lipinski definition) is 3. The summed E-state index contributed by atoms with van der Waals surface area (Å²) in [5.41, 5.74) is 6.39. The topological polar surface area (TPSA) is 32.5 Å². The lowest BCUT2D eigenvalue weighted by Gasteiger charge is -2.45. The van der Waals surface area contributed by atoms with Crippen molar-refractivity contribution < 1.29 is 0 Å². The Morgan fingerprint density at radius 1 is 1.33 bits per heavy atom. The van der Waals surface area contributed by atoms with Gasteiger partial charge in [0, 0.05) is 30.7 Å². The fourth-order valence-corrected chi connectivity index (χ4v) is 4.08. The van der Waals surface area contributed by atoms with Crippen LogP contribution in [-0.4, -0.2) is 54.6 Å². The maximum atomic E-state index is 6.17. The maximum Gasteiger partial charge on any atom is 0.0473 e. The molecule has 2 rings (SSSR count). The molecule has 0 aromatic carbocycles. The van der Waals surface area contributed by atoms with E-state index in [0.717, 1.165) is 25.0 Å². The van der Waals surface area contributed by atoms with Gasteiger partial charge in [-0.2, -0.15) is 0 Å². The first kappa shape index (κ1) is 14.3. The third-order valence-corrected chi connectivity index (χ3v) is 5.56. The highest BCUT2D eigenvalue weighted by atomic mass is 15.3. The Bertz CT molecular complexity index is 269. The van der Waals surface area contributed by atoms with Crippen molar-refractivity contribution in [1.82, 2.24) is 9.80 Å². The van der Waals surface area contributed by atoms with Crippen LogP contribution in [0.5, 0.6) is 0 Å². The van der Waals surface area contributed by atoms with Gasteiger partial charge in [0.25, 0.3) is 0 Å². The second-order valence-corrected chi connectivity index (χ2v) is 6.93. The van der Waals surface area contributed by atoms with Gasteiger partial charge >= 0.3 is 0 Å². The second kappa shape index (κ2) is 5.48. The van der Waals surface area contributed by atoms with Crippen LogP contribution in [0.4, 0.5) is 0 Å². The fourth-order valence-electron chi connectivity index (χ4n) is 4.08. The molecule has 1 aliphatic carbocycles. The number of rotatable bonds is 3. The highest BCUT2D eigenvalue weighted by molar-refractivity contribution is 5.03. The third-order valence-electron chi connectivity index (χ3n) is 5.56. The van der Waals surface area contributed by atoms with Gasteiger partial charge in [0.15, 0.2) is 0 Å². The van der Waals surface area contributed by atoms with Crippen LogP contribution in [0.25, 0.3) is 0 Å². The van der Waals surface area contributed by atoms with E-state index in [9.17, 15) is 0 Å². The summed E-state index contributed by atoms with van der Waals surface area (Å²) in [6, 6.07) is 1.41. The molecule has 1 saturated carbocycles. The lowest BCUT2D eigenvalue weighted by atomic mass is 9.83. The Kier molecular flexibility index (Phi) is 4.35. The van der Waals surface area contributed by atoms with E-state index >= 15 is 0 Å². The molecule has 2 N–H and O–H groups in total. The van der Waals surface area contributed by atoms with E-state index in [0.29, 0.717) is 6.04 Å². The average molecular weight is 253 g/mol. The van der Waals surface area contributed by atoms with Crippen molar-refractivity contribution in [2.24, 2.45) is 11.7 Å². The maximum absolute atomic E-state index is 6.17. The molecule has 0 aromatic heterocycles. The van der Waals surface area contributed by atoms with Crippen LogP contribution < -0.4 is 5.73 Å². The monoisotopic (exact) mass is 253 g/mol. The lowest BCUT2D eigenvalue weighted by molar-refractivity contribution is 0.0534. The highest BCUT2D eigenvalue weighted by Gasteiger charge is 2.45. The van der Waals surface area contributed by atoms with Crippen molar-refractivity contribution in [2.75, 3.05) is 27.2 Å². The smallest absolute Gasteiger partial charge is 0.0473 e.